The first-order valence-corrected chi connectivity index (χ1v) is 5.17. The Kier molecular flexibility index (Phi) is 1.49. The summed E-state index contributed by atoms with van der Waals surface area (Å²) in [5, 5.41) is 3.07. The van der Waals surface area contributed by atoms with E-state index in [2.05, 4.69) is 18.3 Å². The van der Waals surface area contributed by atoms with Crippen LogP contribution in [0.5, 0.6) is 0 Å². The largest absolute Gasteiger partial charge is 0.345 e. The van der Waals surface area contributed by atoms with Crippen molar-refractivity contribution in [2.75, 3.05) is 0 Å². The molecular formula is C12H13NO. The molecule has 0 aromatic heterocycles. The van der Waals surface area contributed by atoms with Crippen LogP contribution in [0, 0.1) is 12.8 Å². The Labute approximate surface area is 83.3 Å². The highest BCUT2D eigenvalue weighted by atomic mass is 16.2. The van der Waals surface area contributed by atoms with E-state index in [4.69, 9.17) is 0 Å². The first-order valence-electron chi connectivity index (χ1n) is 5.17. The molecule has 0 radical (unpaired) electrons. The zero-order valence-electron chi connectivity index (χ0n) is 8.21. The monoisotopic (exact) mass is 187 g/mol. The Morgan fingerprint density at radius 2 is 2.14 bits per heavy atom. The maximum atomic E-state index is 11.6. The van der Waals surface area contributed by atoms with Crippen LogP contribution in [0.1, 0.15) is 40.4 Å². The first-order chi connectivity index (χ1) is 6.75. The van der Waals surface area contributed by atoms with Crippen molar-refractivity contribution >= 4 is 5.91 Å². The third-order valence-corrected chi connectivity index (χ3v) is 3.17. The van der Waals surface area contributed by atoms with Gasteiger partial charge in [0.15, 0.2) is 0 Å². The average molecular weight is 187 g/mol. The summed E-state index contributed by atoms with van der Waals surface area (Å²) in [7, 11) is 0. The van der Waals surface area contributed by atoms with Crippen molar-refractivity contribution in [3.05, 3.63) is 34.9 Å². The normalized spacial score (nSPS) is 24.6. The third-order valence-electron chi connectivity index (χ3n) is 3.17. The van der Waals surface area contributed by atoms with Gasteiger partial charge in [-0.3, -0.25) is 4.79 Å². The van der Waals surface area contributed by atoms with Gasteiger partial charge in [-0.05, 0) is 37.3 Å². The minimum atomic E-state index is 0.108. The van der Waals surface area contributed by atoms with E-state index in [1.54, 1.807) is 0 Å². The van der Waals surface area contributed by atoms with E-state index in [-0.39, 0.29) is 5.91 Å². The summed E-state index contributed by atoms with van der Waals surface area (Å²) in [6, 6.07) is 6.41. The topological polar surface area (TPSA) is 29.1 Å². The second kappa shape index (κ2) is 2.59. The predicted octanol–water partition coefficient (Wildman–Crippen LogP) is 2.19. The molecule has 0 bridgehead atoms. The summed E-state index contributed by atoms with van der Waals surface area (Å²) in [5.41, 5.74) is 3.34. The highest BCUT2D eigenvalue weighted by Crippen LogP contribution is 2.44. The lowest BCUT2D eigenvalue weighted by molar-refractivity contribution is 0.0953. The molecule has 0 spiro atoms. The Morgan fingerprint density at radius 1 is 1.36 bits per heavy atom. The fourth-order valence-electron chi connectivity index (χ4n) is 2.24. The SMILES string of the molecule is Cc1ccc2c(c1)C(C1CC1)NC2=O. The molecule has 2 heteroatoms. The van der Waals surface area contributed by atoms with Crippen molar-refractivity contribution in [3.63, 3.8) is 0 Å². The number of benzene rings is 1. The number of amides is 1. The summed E-state index contributed by atoms with van der Waals surface area (Å²) in [6.07, 6.45) is 2.52. The molecule has 1 heterocycles. The van der Waals surface area contributed by atoms with Crippen LogP contribution in [-0.4, -0.2) is 5.91 Å². The van der Waals surface area contributed by atoms with Crippen LogP contribution in [0.4, 0.5) is 0 Å². The molecule has 0 saturated heterocycles. The second-order valence-corrected chi connectivity index (χ2v) is 4.38. The van der Waals surface area contributed by atoms with Crippen LogP contribution >= 0.6 is 0 Å². The molecule has 2 aliphatic rings. The molecular weight excluding hydrogens is 174 g/mol. The van der Waals surface area contributed by atoms with Gasteiger partial charge in [-0.2, -0.15) is 0 Å². The smallest absolute Gasteiger partial charge is 0.252 e. The number of rotatable bonds is 1. The van der Waals surface area contributed by atoms with Gasteiger partial charge in [-0.25, -0.2) is 0 Å². The summed E-state index contributed by atoms with van der Waals surface area (Å²) < 4.78 is 0. The van der Waals surface area contributed by atoms with E-state index >= 15 is 0 Å². The van der Waals surface area contributed by atoms with Gasteiger partial charge in [0.05, 0.1) is 6.04 Å². The molecule has 14 heavy (non-hydrogen) atoms. The quantitative estimate of drug-likeness (QED) is 0.717. The summed E-state index contributed by atoms with van der Waals surface area (Å²) in [6.45, 7) is 2.08. The van der Waals surface area contributed by atoms with Gasteiger partial charge in [0.1, 0.15) is 0 Å². The summed E-state index contributed by atoms with van der Waals surface area (Å²) in [5.74, 6) is 0.805. The van der Waals surface area contributed by atoms with Gasteiger partial charge in [0.2, 0.25) is 0 Å². The minimum absolute atomic E-state index is 0.108. The average Bonchev–Trinajstić information content (AvgIpc) is 2.93. The van der Waals surface area contributed by atoms with E-state index in [0.717, 1.165) is 5.56 Å². The molecule has 1 atom stereocenters. The van der Waals surface area contributed by atoms with Crippen LogP contribution in [0.3, 0.4) is 0 Å². The van der Waals surface area contributed by atoms with Crippen molar-refractivity contribution in [2.24, 2.45) is 5.92 Å². The van der Waals surface area contributed by atoms with E-state index in [1.165, 1.54) is 24.0 Å². The lowest BCUT2D eigenvalue weighted by Gasteiger charge is -2.09. The zero-order chi connectivity index (χ0) is 9.71. The molecule has 1 aromatic rings. The van der Waals surface area contributed by atoms with E-state index < -0.39 is 0 Å². The minimum Gasteiger partial charge on any atom is -0.345 e. The first kappa shape index (κ1) is 8.04. The molecule has 1 unspecified atom stereocenters. The van der Waals surface area contributed by atoms with E-state index in [9.17, 15) is 4.79 Å². The standard InChI is InChI=1S/C12H13NO/c1-7-2-5-9-10(6-7)11(8-3-4-8)13-12(9)14/h2,5-6,8,11H,3-4H2,1H3,(H,13,14). The molecule has 2 nitrogen and oxygen atoms in total. The van der Waals surface area contributed by atoms with Crippen molar-refractivity contribution in [2.45, 2.75) is 25.8 Å². The van der Waals surface area contributed by atoms with Crippen molar-refractivity contribution < 1.29 is 4.79 Å². The molecule has 1 amide bonds. The summed E-state index contributed by atoms with van der Waals surface area (Å²) >= 11 is 0. The molecule has 1 aliphatic carbocycles. The maximum Gasteiger partial charge on any atom is 0.252 e. The molecule has 1 saturated carbocycles. The van der Waals surface area contributed by atoms with Gasteiger partial charge in [0.25, 0.3) is 5.91 Å². The van der Waals surface area contributed by atoms with Gasteiger partial charge >= 0.3 is 0 Å². The number of fused-ring (bicyclic) bond motifs is 1. The lowest BCUT2D eigenvalue weighted by atomic mass is 9.99. The van der Waals surface area contributed by atoms with Gasteiger partial charge in [-0.1, -0.05) is 17.7 Å². The molecule has 1 N–H and O–H groups in total. The maximum absolute atomic E-state index is 11.6. The van der Waals surface area contributed by atoms with E-state index in [0.29, 0.717) is 12.0 Å². The Morgan fingerprint density at radius 3 is 2.86 bits per heavy atom. The Hall–Kier alpha value is -1.31. The van der Waals surface area contributed by atoms with Gasteiger partial charge in [0, 0.05) is 5.56 Å². The van der Waals surface area contributed by atoms with Crippen LogP contribution < -0.4 is 5.32 Å². The number of carbonyl (C=O) groups excluding carboxylic acids is 1. The van der Waals surface area contributed by atoms with Crippen molar-refractivity contribution in [1.29, 1.82) is 0 Å². The number of nitrogens with one attached hydrogen (secondary N) is 1. The predicted molar refractivity (Wildman–Crippen MR) is 54.1 cm³/mol. The third kappa shape index (κ3) is 1.07. The van der Waals surface area contributed by atoms with E-state index in [1.807, 2.05) is 12.1 Å². The second-order valence-electron chi connectivity index (χ2n) is 4.38. The number of carbonyl (C=O) groups is 1. The summed E-state index contributed by atoms with van der Waals surface area (Å²) in [4.78, 5) is 11.6. The molecule has 1 aliphatic heterocycles. The number of aryl methyl sites for hydroxylation is 1. The van der Waals surface area contributed by atoms with Gasteiger partial charge in [-0.15, -0.1) is 0 Å². The lowest BCUT2D eigenvalue weighted by Crippen LogP contribution is -2.20. The molecule has 72 valence electrons. The Balaban J connectivity index is 2.10. The molecule has 3 rings (SSSR count). The zero-order valence-corrected chi connectivity index (χ0v) is 8.21. The van der Waals surface area contributed by atoms with Crippen molar-refractivity contribution in [1.82, 2.24) is 5.32 Å². The molecule has 1 fully saturated rings. The van der Waals surface area contributed by atoms with Crippen LogP contribution in [0.15, 0.2) is 18.2 Å². The highest BCUT2D eigenvalue weighted by Gasteiger charge is 2.39. The Bertz CT molecular complexity index is 407. The highest BCUT2D eigenvalue weighted by molar-refractivity contribution is 5.99. The van der Waals surface area contributed by atoms with Crippen LogP contribution in [-0.2, 0) is 0 Å². The van der Waals surface area contributed by atoms with Crippen LogP contribution in [0.2, 0.25) is 0 Å². The van der Waals surface area contributed by atoms with Crippen LogP contribution in [0.25, 0.3) is 0 Å². The van der Waals surface area contributed by atoms with Gasteiger partial charge < -0.3 is 5.32 Å². The van der Waals surface area contributed by atoms with Crippen molar-refractivity contribution in [3.8, 4) is 0 Å². The number of hydrogen-bond donors (Lipinski definition) is 1. The molecule has 1 aromatic carbocycles. The fraction of sp³-hybridized carbons (Fsp3) is 0.417. The number of hydrogen-bond acceptors (Lipinski definition) is 1. The fourth-order valence-corrected chi connectivity index (χ4v) is 2.24.